The standard InChI is InChI=1S/C13H23NO4/c1-12(2,3)18-11(15)14-6-4-13(16,5-7-14)8-10-9-17-10/h10,16H,4-9H2,1-3H3/t10-/m0/s1. The van der Waals surface area contributed by atoms with Gasteiger partial charge in [0.1, 0.15) is 5.60 Å². The van der Waals surface area contributed by atoms with Crippen molar-refractivity contribution >= 4 is 6.09 Å². The SMILES string of the molecule is CC(C)(C)OC(=O)N1CCC(O)(C[C@H]2CO2)CC1. The van der Waals surface area contributed by atoms with Gasteiger partial charge in [-0.15, -0.1) is 0 Å². The molecular weight excluding hydrogens is 234 g/mol. The third kappa shape index (κ3) is 3.85. The number of aliphatic hydroxyl groups is 1. The highest BCUT2D eigenvalue weighted by molar-refractivity contribution is 5.68. The molecule has 0 saturated carbocycles. The minimum atomic E-state index is -0.667. The van der Waals surface area contributed by atoms with Crippen molar-refractivity contribution < 1.29 is 19.4 Å². The summed E-state index contributed by atoms with van der Waals surface area (Å²) in [5.41, 5.74) is -1.13. The van der Waals surface area contributed by atoms with E-state index in [4.69, 9.17) is 9.47 Å². The highest BCUT2D eigenvalue weighted by Crippen LogP contribution is 2.31. The molecule has 2 aliphatic heterocycles. The number of likely N-dealkylation sites (tertiary alicyclic amines) is 1. The number of ether oxygens (including phenoxy) is 2. The lowest BCUT2D eigenvalue weighted by Gasteiger charge is -2.38. The largest absolute Gasteiger partial charge is 0.444 e. The van der Waals surface area contributed by atoms with E-state index in [1.807, 2.05) is 20.8 Å². The average Bonchev–Trinajstić information content (AvgIpc) is 2.99. The minimum absolute atomic E-state index is 0.225. The van der Waals surface area contributed by atoms with Crippen molar-refractivity contribution in [2.75, 3.05) is 19.7 Å². The number of hydrogen-bond donors (Lipinski definition) is 1. The number of carbonyl (C=O) groups is 1. The number of piperidine rings is 1. The molecule has 2 aliphatic rings. The molecule has 0 unspecified atom stereocenters. The number of amides is 1. The molecule has 0 spiro atoms. The van der Waals surface area contributed by atoms with Crippen molar-refractivity contribution in [3.05, 3.63) is 0 Å². The van der Waals surface area contributed by atoms with Crippen molar-refractivity contribution in [3.8, 4) is 0 Å². The van der Waals surface area contributed by atoms with Crippen molar-refractivity contribution in [2.24, 2.45) is 0 Å². The highest BCUT2D eigenvalue weighted by atomic mass is 16.6. The van der Waals surface area contributed by atoms with E-state index < -0.39 is 11.2 Å². The summed E-state index contributed by atoms with van der Waals surface area (Å²) < 4.78 is 10.5. The smallest absolute Gasteiger partial charge is 0.410 e. The minimum Gasteiger partial charge on any atom is -0.444 e. The van der Waals surface area contributed by atoms with Crippen LogP contribution in [0.15, 0.2) is 0 Å². The Morgan fingerprint density at radius 2 is 2.00 bits per heavy atom. The van der Waals surface area contributed by atoms with Crippen LogP contribution < -0.4 is 0 Å². The first-order valence-electron chi connectivity index (χ1n) is 6.59. The summed E-state index contributed by atoms with van der Waals surface area (Å²) in [6.07, 6.45) is 1.84. The Bertz CT molecular complexity index is 311. The molecule has 1 atom stereocenters. The number of carbonyl (C=O) groups excluding carboxylic acids is 1. The summed E-state index contributed by atoms with van der Waals surface area (Å²) in [7, 11) is 0. The molecular formula is C13H23NO4. The third-order valence-corrected chi connectivity index (χ3v) is 3.36. The van der Waals surface area contributed by atoms with E-state index in [1.165, 1.54) is 0 Å². The van der Waals surface area contributed by atoms with Crippen molar-refractivity contribution in [1.82, 2.24) is 4.90 Å². The van der Waals surface area contributed by atoms with Crippen LogP contribution in [0.5, 0.6) is 0 Å². The monoisotopic (exact) mass is 257 g/mol. The van der Waals surface area contributed by atoms with Crippen molar-refractivity contribution in [3.63, 3.8) is 0 Å². The first kappa shape index (κ1) is 13.6. The van der Waals surface area contributed by atoms with Gasteiger partial charge in [0, 0.05) is 19.5 Å². The van der Waals surface area contributed by atoms with Gasteiger partial charge in [0.15, 0.2) is 0 Å². The van der Waals surface area contributed by atoms with E-state index in [9.17, 15) is 9.90 Å². The van der Waals surface area contributed by atoms with Gasteiger partial charge in [0.25, 0.3) is 0 Å². The van der Waals surface area contributed by atoms with Gasteiger partial charge in [0.2, 0.25) is 0 Å². The van der Waals surface area contributed by atoms with Gasteiger partial charge in [-0.25, -0.2) is 4.79 Å². The van der Waals surface area contributed by atoms with Crippen LogP contribution in [0.2, 0.25) is 0 Å². The fraction of sp³-hybridized carbons (Fsp3) is 0.923. The van der Waals surface area contributed by atoms with Crippen LogP contribution in [0.3, 0.4) is 0 Å². The van der Waals surface area contributed by atoms with Crippen LogP contribution in [-0.4, -0.2) is 53.1 Å². The van der Waals surface area contributed by atoms with Gasteiger partial charge >= 0.3 is 6.09 Å². The molecule has 2 heterocycles. The fourth-order valence-corrected chi connectivity index (χ4v) is 2.25. The summed E-state index contributed by atoms with van der Waals surface area (Å²) in [5, 5.41) is 10.4. The van der Waals surface area contributed by atoms with Gasteiger partial charge in [-0.05, 0) is 33.6 Å². The number of hydrogen-bond acceptors (Lipinski definition) is 4. The number of nitrogens with zero attached hydrogens (tertiary/aromatic N) is 1. The Balaban J connectivity index is 1.80. The Morgan fingerprint density at radius 3 is 2.44 bits per heavy atom. The summed E-state index contributed by atoms with van der Waals surface area (Å²) in [4.78, 5) is 13.5. The van der Waals surface area contributed by atoms with Crippen LogP contribution in [-0.2, 0) is 9.47 Å². The van der Waals surface area contributed by atoms with Gasteiger partial charge < -0.3 is 19.5 Å². The van der Waals surface area contributed by atoms with E-state index in [-0.39, 0.29) is 12.2 Å². The summed E-state index contributed by atoms with van der Waals surface area (Å²) in [6.45, 7) is 7.44. The first-order chi connectivity index (χ1) is 8.27. The average molecular weight is 257 g/mol. The van der Waals surface area contributed by atoms with E-state index in [0.29, 0.717) is 32.4 Å². The lowest BCUT2D eigenvalue weighted by Crippen LogP contribution is -2.48. The van der Waals surface area contributed by atoms with Gasteiger partial charge in [-0.1, -0.05) is 0 Å². The van der Waals surface area contributed by atoms with E-state index >= 15 is 0 Å². The summed E-state index contributed by atoms with van der Waals surface area (Å²) in [5.74, 6) is 0. The van der Waals surface area contributed by atoms with Crippen LogP contribution in [0, 0.1) is 0 Å². The Labute approximate surface area is 108 Å². The molecule has 0 aliphatic carbocycles. The van der Waals surface area contributed by atoms with Crippen LogP contribution in [0.1, 0.15) is 40.0 Å². The summed E-state index contributed by atoms with van der Waals surface area (Å²) >= 11 is 0. The molecule has 1 N–H and O–H groups in total. The van der Waals surface area contributed by atoms with E-state index in [1.54, 1.807) is 4.90 Å². The molecule has 2 saturated heterocycles. The highest BCUT2D eigenvalue weighted by Gasteiger charge is 2.40. The molecule has 0 aromatic heterocycles. The molecule has 18 heavy (non-hydrogen) atoms. The van der Waals surface area contributed by atoms with E-state index in [2.05, 4.69) is 0 Å². The van der Waals surface area contributed by atoms with Gasteiger partial charge in [-0.2, -0.15) is 0 Å². The molecule has 2 rings (SSSR count). The molecule has 0 aromatic carbocycles. The second-order valence-corrected chi connectivity index (χ2v) is 6.35. The van der Waals surface area contributed by atoms with Crippen molar-refractivity contribution in [1.29, 1.82) is 0 Å². The Morgan fingerprint density at radius 1 is 1.44 bits per heavy atom. The molecule has 104 valence electrons. The predicted molar refractivity (Wildman–Crippen MR) is 66.3 cm³/mol. The van der Waals surface area contributed by atoms with Crippen LogP contribution in [0.25, 0.3) is 0 Å². The maximum absolute atomic E-state index is 11.9. The molecule has 1 amide bonds. The molecule has 0 aromatic rings. The molecule has 5 heteroatoms. The summed E-state index contributed by atoms with van der Waals surface area (Å²) in [6, 6.07) is 0. The van der Waals surface area contributed by atoms with Gasteiger partial charge in [-0.3, -0.25) is 0 Å². The Hall–Kier alpha value is -0.810. The number of rotatable bonds is 2. The van der Waals surface area contributed by atoms with Crippen molar-refractivity contribution in [2.45, 2.75) is 57.3 Å². The quantitative estimate of drug-likeness (QED) is 0.762. The Kier molecular flexibility index (Phi) is 3.56. The maximum atomic E-state index is 11.9. The lowest BCUT2D eigenvalue weighted by molar-refractivity contribution is -0.0398. The first-order valence-corrected chi connectivity index (χ1v) is 6.59. The molecule has 5 nitrogen and oxygen atoms in total. The maximum Gasteiger partial charge on any atom is 0.410 e. The number of epoxide rings is 1. The van der Waals surface area contributed by atoms with Crippen LogP contribution in [0.4, 0.5) is 4.79 Å². The zero-order valence-electron chi connectivity index (χ0n) is 11.4. The predicted octanol–water partition coefficient (Wildman–Crippen LogP) is 1.54. The zero-order chi connectivity index (χ0) is 13.4. The third-order valence-electron chi connectivity index (χ3n) is 3.36. The molecule has 0 radical (unpaired) electrons. The molecule has 2 fully saturated rings. The van der Waals surface area contributed by atoms with Crippen LogP contribution >= 0.6 is 0 Å². The topological polar surface area (TPSA) is 62.3 Å². The second kappa shape index (κ2) is 4.70. The van der Waals surface area contributed by atoms with Gasteiger partial charge in [0.05, 0.1) is 18.3 Å². The zero-order valence-corrected chi connectivity index (χ0v) is 11.4. The second-order valence-electron chi connectivity index (χ2n) is 6.35. The fourth-order valence-electron chi connectivity index (χ4n) is 2.25. The van der Waals surface area contributed by atoms with E-state index in [0.717, 1.165) is 6.61 Å². The lowest BCUT2D eigenvalue weighted by atomic mass is 9.87. The molecule has 0 bridgehead atoms. The normalized spacial score (nSPS) is 26.9.